The molecule has 1 aliphatic rings. The van der Waals surface area contributed by atoms with Gasteiger partial charge in [-0.05, 0) is 13.8 Å². The van der Waals surface area contributed by atoms with Crippen molar-refractivity contribution >= 4 is 41.4 Å². The minimum absolute atomic E-state index is 0.0261. The quantitative estimate of drug-likeness (QED) is 0.156. The van der Waals surface area contributed by atoms with E-state index in [1.54, 1.807) is 6.92 Å². The lowest BCUT2D eigenvalue weighted by molar-refractivity contribution is -0.401. The van der Waals surface area contributed by atoms with Crippen LogP contribution in [0.5, 0.6) is 0 Å². The van der Waals surface area contributed by atoms with Crippen LogP contribution < -0.4 is 0 Å². The Labute approximate surface area is 162 Å². The van der Waals surface area contributed by atoms with Crippen LogP contribution in [0.1, 0.15) is 13.8 Å². The lowest BCUT2D eigenvalue weighted by atomic mass is 10.4. The van der Waals surface area contributed by atoms with E-state index >= 15 is 0 Å². The van der Waals surface area contributed by atoms with Gasteiger partial charge in [0.05, 0.1) is 13.2 Å². The zero-order valence-corrected chi connectivity index (χ0v) is 15.7. The lowest BCUT2D eigenvalue weighted by Gasteiger charge is -2.36. The molecule has 1 rings (SSSR count). The highest BCUT2D eigenvalue weighted by Crippen LogP contribution is 2.33. The first-order chi connectivity index (χ1) is 12.4. The van der Waals surface area contributed by atoms with E-state index in [-0.39, 0.29) is 13.2 Å². The van der Waals surface area contributed by atoms with Crippen LogP contribution in [0.25, 0.3) is 0 Å². The fourth-order valence-corrected chi connectivity index (χ4v) is 1.85. The van der Waals surface area contributed by atoms with E-state index in [4.69, 9.17) is 23.2 Å². The molecular formula is C14H17Cl2F4NO6. The second-order valence-corrected chi connectivity index (χ2v) is 5.65. The molecule has 0 saturated carbocycles. The number of carbonyl (C=O) groups excluding carboxylic acids is 3. The van der Waals surface area contributed by atoms with Gasteiger partial charge < -0.3 is 19.2 Å². The Morgan fingerprint density at radius 1 is 1.15 bits per heavy atom. The van der Waals surface area contributed by atoms with Crippen molar-refractivity contribution in [2.24, 2.45) is 0 Å². The molecule has 7 nitrogen and oxygen atoms in total. The van der Waals surface area contributed by atoms with Crippen LogP contribution in [-0.4, -0.2) is 67.0 Å². The van der Waals surface area contributed by atoms with Gasteiger partial charge in [-0.1, -0.05) is 11.6 Å². The summed E-state index contributed by atoms with van der Waals surface area (Å²) in [6.45, 7) is 1.18. The summed E-state index contributed by atoms with van der Waals surface area (Å²) in [5.74, 6) is -1.66. The Morgan fingerprint density at radius 2 is 1.63 bits per heavy atom. The maximum atomic E-state index is 12.8. The molecule has 0 aliphatic carbocycles. The highest BCUT2D eigenvalue weighted by atomic mass is 35.5. The van der Waals surface area contributed by atoms with Crippen molar-refractivity contribution in [2.75, 3.05) is 26.3 Å². The van der Waals surface area contributed by atoms with Crippen LogP contribution in [0.4, 0.5) is 17.6 Å². The molecule has 27 heavy (non-hydrogen) atoms. The molecule has 0 aromatic rings. The van der Waals surface area contributed by atoms with Crippen molar-refractivity contribution in [3.05, 3.63) is 11.2 Å². The van der Waals surface area contributed by atoms with Crippen molar-refractivity contribution in [1.82, 2.24) is 4.90 Å². The van der Waals surface area contributed by atoms with E-state index in [1.807, 2.05) is 0 Å². The van der Waals surface area contributed by atoms with Crippen LogP contribution in [-0.2, 0) is 28.6 Å². The summed E-state index contributed by atoms with van der Waals surface area (Å²) in [6, 6.07) is 0. The summed E-state index contributed by atoms with van der Waals surface area (Å²) >= 11 is 10.6. The Morgan fingerprint density at radius 3 is 2.04 bits per heavy atom. The molecule has 156 valence electrons. The number of halogens is 6. The number of ether oxygens (including phenoxy) is 3. The number of hydrogen-bond acceptors (Lipinski definition) is 7. The highest BCUT2D eigenvalue weighted by molar-refractivity contribution is 6.41. The number of aldehydes is 1. The van der Waals surface area contributed by atoms with Gasteiger partial charge in [0.15, 0.2) is 5.38 Å². The number of esters is 2. The van der Waals surface area contributed by atoms with Crippen LogP contribution in [0, 0.1) is 0 Å². The molecule has 0 N–H and O–H groups in total. The molecule has 1 unspecified atom stereocenters. The molecule has 0 amide bonds. The van der Waals surface area contributed by atoms with Gasteiger partial charge in [-0.25, -0.2) is 9.59 Å². The second-order valence-electron chi connectivity index (χ2n) is 4.77. The van der Waals surface area contributed by atoms with E-state index in [0.717, 1.165) is 0 Å². The van der Waals surface area contributed by atoms with Gasteiger partial charge in [0.25, 0.3) is 0 Å². The predicted molar refractivity (Wildman–Crippen MR) is 85.5 cm³/mol. The van der Waals surface area contributed by atoms with Gasteiger partial charge in [-0.3, -0.25) is 4.74 Å². The molecular weight excluding hydrogens is 425 g/mol. The summed E-state index contributed by atoms with van der Waals surface area (Å²) in [5, 5.41) is -1.71. The summed E-state index contributed by atoms with van der Waals surface area (Å²) in [5.41, 5.74) is 0. The standard InChI is InChI=1S/C9H10ClF4NO3.C5H7ClO3/c1-2-17-7(16)6(10)3-15-4-8(11,12)18-9(13,14)5-15;1-2-9-5(8)4(6)3-7/h3H,2,4-5H2,1H3;3-4H,2H2,1H3/b6-3+;. The van der Waals surface area contributed by atoms with Crippen molar-refractivity contribution in [3.63, 3.8) is 0 Å². The van der Waals surface area contributed by atoms with E-state index < -0.39 is 47.7 Å². The molecule has 1 aliphatic heterocycles. The fraction of sp³-hybridized carbons (Fsp3) is 0.643. The Bertz CT molecular complexity index is 546. The van der Waals surface area contributed by atoms with E-state index in [9.17, 15) is 31.9 Å². The van der Waals surface area contributed by atoms with Gasteiger partial charge in [-0.15, -0.1) is 11.6 Å². The smallest absolute Gasteiger partial charge is 0.377 e. The van der Waals surface area contributed by atoms with Gasteiger partial charge in [-0.2, -0.15) is 17.6 Å². The normalized spacial score (nSPS) is 19.3. The van der Waals surface area contributed by atoms with Crippen molar-refractivity contribution in [3.8, 4) is 0 Å². The molecule has 13 heteroatoms. The van der Waals surface area contributed by atoms with E-state index in [0.29, 0.717) is 17.4 Å². The first-order valence-electron chi connectivity index (χ1n) is 7.37. The lowest BCUT2D eigenvalue weighted by Crippen LogP contribution is -2.53. The van der Waals surface area contributed by atoms with E-state index in [2.05, 4.69) is 14.2 Å². The van der Waals surface area contributed by atoms with Gasteiger partial charge in [0.1, 0.15) is 24.4 Å². The first-order valence-corrected chi connectivity index (χ1v) is 8.19. The zero-order chi connectivity index (χ0) is 21.3. The minimum Gasteiger partial charge on any atom is -0.465 e. The second kappa shape index (κ2) is 11.3. The number of rotatable bonds is 6. The van der Waals surface area contributed by atoms with Crippen LogP contribution >= 0.6 is 23.2 Å². The third-order valence-electron chi connectivity index (χ3n) is 2.47. The van der Waals surface area contributed by atoms with Gasteiger partial charge in [0.2, 0.25) is 0 Å². The number of carbonyl (C=O) groups is 3. The average Bonchev–Trinajstić information content (AvgIpc) is 2.52. The number of alkyl halides is 5. The number of hydrogen-bond donors (Lipinski definition) is 0. The van der Waals surface area contributed by atoms with Gasteiger partial charge in [0, 0.05) is 6.20 Å². The third-order valence-corrected chi connectivity index (χ3v) is 3.00. The predicted octanol–water partition coefficient (Wildman–Crippen LogP) is 2.50. The highest BCUT2D eigenvalue weighted by Gasteiger charge is 2.51. The summed E-state index contributed by atoms with van der Waals surface area (Å²) < 4.78 is 63.4. The molecule has 0 radical (unpaired) electrons. The molecule has 0 aromatic carbocycles. The number of nitrogens with zero attached hydrogens (tertiary/aromatic N) is 1. The monoisotopic (exact) mass is 441 g/mol. The number of morpholine rings is 1. The van der Waals surface area contributed by atoms with Crippen molar-refractivity contribution < 1.29 is 46.2 Å². The largest absolute Gasteiger partial charge is 0.465 e. The van der Waals surface area contributed by atoms with Crippen LogP contribution in [0.15, 0.2) is 11.2 Å². The molecule has 1 atom stereocenters. The molecule has 1 saturated heterocycles. The Kier molecular flexibility index (Phi) is 10.6. The summed E-state index contributed by atoms with van der Waals surface area (Å²) in [4.78, 5) is 31.8. The molecule has 0 aromatic heterocycles. The minimum atomic E-state index is -4.02. The molecule has 1 fully saturated rings. The Balaban J connectivity index is 0.000000636. The topological polar surface area (TPSA) is 82.1 Å². The average molecular weight is 442 g/mol. The summed E-state index contributed by atoms with van der Waals surface area (Å²) in [7, 11) is 0. The zero-order valence-electron chi connectivity index (χ0n) is 14.2. The fourth-order valence-electron chi connectivity index (χ4n) is 1.59. The molecule has 0 spiro atoms. The SMILES string of the molecule is CCOC(=O)/C(Cl)=C\N1CC(F)(F)OC(F)(F)C1.CCOC(=O)C(Cl)C=O. The van der Waals surface area contributed by atoms with Crippen molar-refractivity contribution in [2.45, 2.75) is 31.4 Å². The first kappa shape index (κ1) is 25.4. The maximum Gasteiger partial charge on any atom is 0.377 e. The Hall–Kier alpha value is -1.59. The molecule has 0 bridgehead atoms. The van der Waals surface area contributed by atoms with E-state index in [1.165, 1.54) is 6.92 Å². The summed E-state index contributed by atoms with van der Waals surface area (Å²) in [6.07, 6.45) is -7.03. The van der Waals surface area contributed by atoms with Gasteiger partial charge >= 0.3 is 24.2 Å². The molecule has 1 heterocycles. The van der Waals surface area contributed by atoms with Crippen LogP contribution in [0.3, 0.4) is 0 Å². The van der Waals surface area contributed by atoms with Crippen molar-refractivity contribution in [1.29, 1.82) is 0 Å². The van der Waals surface area contributed by atoms with Crippen LogP contribution in [0.2, 0.25) is 0 Å². The third kappa shape index (κ3) is 10.4. The maximum absolute atomic E-state index is 12.8.